The second kappa shape index (κ2) is 45.1. The third-order valence-electron chi connectivity index (χ3n) is 10.1. The average Bonchev–Trinajstić information content (AvgIpc) is 3.25. The van der Waals surface area contributed by atoms with Gasteiger partial charge in [-0.2, -0.15) is 0 Å². The van der Waals surface area contributed by atoms with Gasteiger partial charge in [-0.15, -0.1) is 0 Å². The van der Waals surface area contributed by atoms with E-state index in [0.29, 0.717) is 23.9 Å². The lowest BCUT2D eigenvalue weighted by Crippen LogP contribution is -2.37. The summed E-state index contributed by atoms with van der Waals surface area (Å²) < 4.78 is 34.0. The van der Waals surface area contributed by atoms with Crippen molar-refractivity contribution in [2.24, 2.45) is 0 Å². The van der Waals surface area contributed by atoms with Crippen LogP contribution in [0.4, 0.5) is 0 Å². The van der Waals surface area contributed by atoms with Crippen LogP contribution < -0.4 is 4.89 Å². The summed E-state index contributed by atoms with van der Waals surface area (Å²) in [5, 5.41) is 0. The first-order valence-electron chi connectivity index (χ1n) is 24.9. The lowest BCUT2D eigenvalue weighted by atomic mass is 10.1. The molecular weight excluding hydrogens is 822 g/mol. The lowest BCUT2D eigenvalue weighted by Gasteiger charge is -2.28. The van der Waals surface area contributed by atoms with Gasteiger partial charge in [-0.1, -0.05) is 175 Å². The molecule has 0 fully saturated rings. The van der Waals surface area contributed by atoms with E-state index in [1.807, 2.05) is 21.1 Å². The number of hydrogen-bond acceptors (Lipinski definition) is 8. The van der Waals surface area contributed by atoms with E-state index in [9.17, 15) is 19.0 Å². The molecular formula is C54H92NO8P. The summed E-state index contributed by atoms with van der Waals surface area (Å²) >= 11 is 0. The Hall–Kier alpha value is -3.07. The van der Waals surface area contributed by atoms with Gasteiger partial charge in [0, 0.05) is 12.8 Å². The second-order valence-corrected chi connectivity index (χ2v) is 18.8. The van der Waals surface area contributed by atoms with E-state index in [2.05, 4.69) is 111 Å². The average molecular weight is 914 g/mol. The number of quaternary nitrogens is 1. The van der Waals surface area contributed by atoms with Gasteiger partial charge in [-0.25, -0.2) is 0 Å². The molecule has 0 saturated carbocycles. The van der Waals surface area contributed by atoms with E-state index >= 15 is 0 Å². The minimum atomic E-state index is -4.64. The number of unbranched alkanes of at least 4 members (excludes halogenated alkanes) is 14. The molecule has 0 heterocycles. The summed E-state index contributed by atoms with van der Waals surface area (Å²) in [6.07, 6.45) is 60.1. The lowest BCUT2D eigenvalue weighted by molar-refractivity contribution is -0.870. The van der Waals surface area contributed by atoms with Crippen LogP contribution in [0.5, 0.6) is 0 Å². The van der Waals surface area contributed by atoms with Crippen LogP contribution in [0.25, 0.3) is 0 Å². The van der Waals surface area contributed by atoms with Crippen LogP contribution in [0.15, 0.2) is 97.2 Å². The van der Waals surface area contributed by atoms with E-state index in [1.54, 1.807) is 0 Å². The van der Waals surface area contributed by atoms with E-state index < -0.39 is 32.5 Å². The summed E-state index contributed by atoms with van der Waals surface area (Å²) in [4.78, 5) is 37.7. The van der Waals surface area contributed by atoms with Crippen molar-refractivity contribution >= 4 is 19.8 Å². The van der Waals surface area contributed by atoms with Gasteiger partial charge in [0.15, 0.2) is 6.10 Å². The van der Waals surface area contributed by atoms with E-state index in [0.717, 1.165) is 109 Å². The number of rotatable bonds is 44. The molecule has 64 heavy (non-hydrogen) atoms. The molecule has 10 heteroatoms. The summed E-state index contributed by atoms with van der Waals surface area (Å²) in [5.41, 5.74) is 0. The Labute approximate surface area is 392 Å². The number of carbonyl (C=O) groups excluding carboxylic acids is 2. The second-order valence-electron chi connectivity index (χ2n) is 17.4. The zero-order chi connectivity index (χ0) is 47.1. The highest BCUT2D eigenvalue weighted by molar-refractivity contribution is 7.45. The van der Waals surface area contributed by atoms with Crippen LogP contribution >= 0.6 is 7.82 Å². The Balaban J connectivity index is 4.29. The third-order valence-corrected chi connectivity index (χ3v) is 11.1. The van der Waals surface area contributed by atoms with Gasteiger partial charge in [-0.05, 0) is 89.9 Å². The number of phosphoric acid groups is 1. The molecule has 0 aromatic rings. The molecule has 2 atom stereocenters. The quantitative estimate of drug-likeness (QED) is 0.0195. The number of allylic oxidation sites excluding steroid dienone is 16. The van der Waals surface area contributed by atoms with Gasteiger partial charge >= 0.3 is 11.9 Å². The zero-order valence-corrected chi connectivity index (χ0v) is 42.1. The summed E-state index contributed by atoms with van der Waals surface area (Å²) in [6, 6.07) is 0. The summed E-state index contributed by atoms with van der Waals surface area (Å²) in [5.74, 6) is -0.868. The van der Waals surface area contributed by atoms with Gasteiger partial charge in [0.05, 0.1) is 27.7 Å². The van der Waals surface area contributed by atoms with Crippen molar-refractivity contribution in [3.05, 3.63) is 97.2 Å². The highest BCUT2D eigenvalue weighted by Crippen LogP contribution is 2.38. The molecule has 0 saturated heterocycles. The molecule has 0 rings (SSSR count). The molecule has 0 spiro atoms. The molecule has 0 radical (unpaired) electrons. The van der Waals surface area contributed by atoms with Crippen LogP contribution in [-0.4, -0.2) is 70.0 Å². The molecule has 0 aliphatic rings. The Bertz CT molecular complexity index is 1400. The number of hydrogen-bond donors (Lipinski definition) is 0. The van der Waals surface area contributed by atoms with Gasteiger partial charge in [0.2, 0.25) is 0 Å². The molecule has 0 aliphatic heterocycles. The van der Waals surface area contributed by atoms with Crippen molar-refractivity contribution in [2.45, 2.75) is 187 Å². The van der Waals surface area contributed by atoms with Gasteiger partial charge in [0.1, 0.15) is 19.8 Å². The highest BCUT2D eigenvalue weighted by Gasteiger charge is 2.21. The molecule has 0 aromatic heterocycles. The minimum Gasteiger partial charge on any atom is -0.756 e. The first-order chi connectivity index (χ1) is 31.0. The van der Waals surface area contributed by atoms with Gasteiger partial charge in [0.25, 0.3) is 7.82 Å². The van der Waals surface area contributed by atoms with Crippen LogP contribution in [0, 0.1) is 0 Å². The van der Waals surface area contributed by atoms with E-state index in [1.165, 1.54) is 32.1 Å². The monoisotopic (exact) mass is 914 g/mol. The molecule has 0 N–H and O–H groups in total. The van der Waals surface area contributed by atoms with Crippen LogP contribution in [-0.2, 0) is 32.7 Å². The maximum Gasteiger partial charge on any atom is 0.306 e. The maximum atomic E-state index is 12.7. The topological polar surface area (TPSA) is 111 Å². The SMILES string of the molecule is CC/C=C\C/C=C\C/C=C\C/C=C\C/C=C\CCCCCCCCCCCC(=O)OC(COC(=O)CCCCCCC/C=C\C/C=C\C/C=C\CC)COP(=O)([O-])OCC[N+](C)(C)C. The Morgan fingerprint density at radius 1 is 0.484 bits per heavy atom. The number of esters is 2. The zero-order valence-electron chi connectivity index (χ0n) is 41.2. The fourth-order valence-electron chi connectivity index (χ4n) is 6.28. The number of likely N-dealkylation sites (N-methyl/N-ethyl adjacent to an activating group) is 1. The predicted octanol–water partition coefficient (Wildman–Crippen LogP) is 14.3. The molecule has 366 valence electrons. The van der Waals surface area contributed by atoms with Crippen LogP contribution in [0.1, 0.15) is 181 Å². The molecule has 0 aromatic carbocycles. The predicted molar refractivity (Wildman–Crippen MR) is 268 cm³/mol. The maximum absolute atomic E-state index is 12.7. The fourth-order valence-corrected chi connectivity index (χ4v) is 7.01. The first-order valence-corrected chi connectivity index (χ1v) is 26.4. The normalized spacial score (nSPS) is 14.3. The van der Waals surface area contributed by atoms with Crippen molar-refractivity contribution in [1.29, 1.82) is 0 Å². The standard InChI is InChI=1S/C54H92NO8P/c1-6-8-10-12-14-16-18-20-22-23-24-25-26-27-28-29-30-31-33-35-37-39-41-43-45-47-54(57)63-52(51-62-64(58,59)61-49-48-55(3,4)5)50-60-53(56)46-44-42-40-38-36-34-32-21-19-17-15-13-11-9-7-2/h8-11,14-17,20-22,24-25,27-28,32,52H,6-7,12-13,18-19,23,26,29-31,33-51H2,1-5H3/b10-8-,11-9-,16-14-,17-15-,22-20-,25-24-,28-27-,32-21-. The van der Waals surface area contributed by atoms with Crippen LogP contribution in [0.2, 0.25) is 0 Å². The Kier molecular flexibility index (Phi) is 42.9. The molecule has 0 bridgehead atoms. The number of nitrogens with zero attached hydrogens (tertiary/aromatic N) is 1. The van der Waals surface area contributed by atoms with Crippen molar-refractivity contribution < 1.29 is 42.1 Å². The van der Waals surface area contributed by atoms with Gasteiger partial charge < -0.3 is 27.9 Å². The molecule has 0 aliphatic carbocycles. The molecule has 0 amide bonds. The molecule has 9 nitrogen and oxygen atoms in total. The van der Waals surface area contributed by atoms with E-state index in [-0.39, 0.29) is 26.1 Å². The highest BCUT2D eigenvalue weighted by atomic mass is 31.2. The Morgan fingerprint density at radius 3 is 1.25 bits per heavy atom. The molecule has 2 unspecified atom stereocenters. The van der Waals surface area contributed by atoms with Crippen LogP contribution in [0.3, 0.4) is 0 Å². The number of carbonyl (C=O) groups is 2. The minimum absolute atomic E-state index is 0.0404. The van der Waals surface area contributed by atoms with Crippen molar-refractivity contribution in [3.63, 3.8) is 0 Å². The Morgan fingerprint density at radius 2 is 0.844 bits per heavy atom. The fraction of sp³-hybridized carbons (Fsp3) is 0.667. The number of phosphoric ester groups is 1. The smallest absolute Gasteiger partial charge is 0.306 e. The van der Waals surface area contributed by atoms with Gasteiger partial charge in [-0.3, -0.25) is 14.2 Å². The number of ether oxygens (including phenoxy) is 2. The van der Waals surface area contributed by atoms with E-state index in [4.69, 9.17) is 18.5 Å². The van der Waals surface area contributed by atoms with Crippen molar-refractivity contribution in [2.75, 3.05) is 47.5 Å². The summed E-state index contributed by atoms with van der Waals surface area (Å²) in [6.45, 7) is 3.96. The summed E-state index contributed by atoms with van der Waals surface area (Å²) in [7, 11) is 1.13. The first kappa shape index (κ1) is 60.9. The third kappa shape index (κ3) is 48.4. The van der Waals surface area contributed by atoms with Crippen molar-refractivity contribution in [1.82, 2.24) is 0 Å². The largest absolute Gasteiger partial charge is 0.756 e. The van der Waals surface area contributed by atoms with Crippen molar-refractivity contribution in [3.8, 4) is 0 Å².